The van der Waals surface area contributed by atoms with Gasteiger partial charge in [0.15, 0.2) is 5.78 Å². The van der Waals surface area contributed by atoms with E-state index in [4.69, 9.17) is 9.47 Å². The highest BCUT2D eigenvalue weighted by Gasteiger charge is 2.21. The Morgan fingerprint density at radius 1 is 0.767 bits per heavy atom. The predicted molar refractivity (Wildman–Crippen MR) is 117 cm³/mol. The van der Waals surface area contributed by atoms with Crippen LogP contribution >= 0.6 is 0 Å². The van der Waals surface area contributed by atoms with Gasteiger partial charge in [-0.05, 0) is 103 Å². The topological polar surface area (TPSA) is 52.6 Å². The molecule has 4 rings (SSSR count). The molecule has 0 aliphatic heterocycles. The van der Waals surface area contributed by atoms with Crippen molar-refractivity contribution in [3.05, 3.63) is 81.9 Å². The van der Waals surface area contributed by atoms with Gasteiger partial charge in [0.2, 0.25) is 0 Å². The number of ether oxygens (including phenoxy) is 2. The van der Waals surface area contributed by atoms with Gasteiger partial charge in [-0.15, -0.1) is 0 Å². The molecule has 0 bridgehead atoms. The van der Waals surface area contributed by atoms with Crippen molar-refractivity contribution in [1.82, 2.24) is 0 Å². The molecule has 0 amide bonds. The van der Waals surface area contributed by atoms with Gasteiger partial charge >= 0.3 is 5.97 Å². The minimum atomic E-state index is -0.426. The van der Waals surface area contributed by atoms with Crippen LogP contribution in [-0.2, 0) is 12.8 Å². The number of aryl methyl sites for hydroxylation is 4. The van der Waals surface area contributed by atoms with Gasteiger partial charge < -0.3 is 9.47 Å². The van der Waals surface area contributed by atoms with Gasteiger partial charge in [0, 0.05) is 5.56 Å². The maximum Gasteiger partial charge on any atom is 0.343 e. The van der Waals surface area contributed by atoms with Gasteiger partial charge in [-0.3, -0.25) is 4.79 Å². The Morgan fingerprint density at radius 3 is 1.80 bits per heavy atom. The lowest BCUT2D eigenvalue weighted by atomic mass is 9.83. The van der Waals surface area contributed by atoms with E-state index in [1.807, 2.05) is 19.9 Å². The lowest BCUT2D eigenvalue weighted by molar-refractivity contribution is 0.0733. The first kappa shape index (κ1) is 19.9. The van der Waals surface area contributed by atoms with Crippen LogP contribution in [0.3, 0.4) is 0 Å². The van der Waals surface area contributed by atoms with Crippen molar-refractivity contribution in [1.29, 1.82) is 0 Å². The van der Waals surface area contributed by atoms with Crippen LogP contribution in [0.5, 0.6) is 11.5 Å². The molecule has 0 aromatic heterocycles. The van der Waals surface area contributed by atoms with E-state index in [0.29, 0.717) is 16.9 Å². The molecular formula is C26H24O4. The first-order chi connectivity index (χ1) is 14.4. The van der Waals surface area contributed by atoms with Crippen LogP contribution in [0.25, 0.3) is 11.1 Å². The highest BCUT2D eigenvalue weighted by Crippen LogP contribution is 2.40. The second kappa shape index (κ2) is 7.79. The number of hydrogen-bond donors (Lipinski definition) is 0. The molecule has 1 aliphatic carbocycles. The number of benzene rings is 3. The van der Waals surface area contributed by atoms with Crippen LogP contribution < -0.4 is 9.47 Å². The van der Waals surface area contributed by atoms with E-state index in [2.05, 4.69) is 18.2 Å². The fourth-order valence-electron chi connectivity index (χ4n) is 3.97. The molecule has 3 aromatic carbocycles. The number of fused-ring (bicyclic) bond motifs is 3. The molecule has 0 unspecified atom stereocenters. The van der Waals surface area contributed by atoms with Crippen LogP contribution in [0, 0.1) is 13.8 Å². The molecule has 4 nitrogen and oxygen atoms in total. The average Bonchev–Trinajstić information content (AvgIpc) is 2.74. The number of esters is 1. The predicted octanol–water partition coefficient (Wildman–Crippen LogP) is 5.50. The van der Waals surface area contributed by atoms with Crippen molar-refractivity contribution in [3.8, 4) is 22.6 Å². The summed E-state index contributed by atoms with van der Waals surface area (Å²) in [4.78, 5) is 24.0. The Kier molecular flexibility index (Phi) is 5.17. The van der Waals surface area contributed by atoms with Gasteiger partial charge in [0.1, 0.15) is 11.5 Å². The van der Waals surface area contributed by atoms with Crippen molar-refractivity contribution < 1.29 is 19.1 Å². The van der Waals surface area contributed by atoms with Crippen LogP contribution in [0.15, 0.2) is 48.5 Å². The number of rotatable bonds is 4. The Morgan fingerprint density at radius 2 is 1.27 bits per heavy atom. The Hall–Kier alpha value is -3.40. The van der Waals surface area contributed by atoms with Crippen LogP contribution in [0.4, 0.5) is 0 Å². The number of ketones is 1. The van der Waals surface area contributed by atoms with Gasteiger partial charge in [-0.25, -0.2) is 4.79 Å². The van der Waals surface area contributed by atoms with E-state index >= 15 is 0 Å². The number of methoxy groups -OCH3 is 1. The number of hydrogen-bond acceptors (Lipinski definition) is 4. The van der Waals surface area contributed by atoms with Crippen molar-refractivity contribution in [2.24, 2.45) is 0 Å². The van der Waals surface area contributed by atoms with Gasteiger partial charge in [0.05, 0.1) is 12.7 Å². The lowest BCUT2D eigenvalue weighted by Gasteiger charge is -2.23. The second-order valence-corrected chi connectivity index (χ2v) is 7.78. The van der Waals surface area contributed by atoms with Crippen molar-refractivity contribution in [2.45, 2.75) is 33.6 Å². The van der Waals surface area contributed by atoms with E-state index in [1.54, 1.807) is 31.4 Å². The van der Waals surface area contributed by atoms with Crippen molar-refractivity contribution in [3.63, 3.8) is 0 Å². The molecule has 0 spiro atoms. The summed E-state index contributed by atoms with van der Waals surface area (Å²) in [5.74, 6) is 1.02. The summed E-state index contributed by atoms with van der Waals surface area (Å²) in [5, 5.41) is 0. The summed E-state index contributed by atoms with van der Waals surface area (Å²) in [7, 11) is 1.70. The summed E-state index contributed by atoms with van der Waals surface area (Å²) in [5.41, 5.74) is 7.86. The Bertz CT molecular complexity index is 1160. The third kappa shape index (κ3) is 3.61. The van der Waals surface area contributed by atoms with E-state index < -0.39 is 5.97 Å². The summed E-state index contributed by atoms with van der Waals surface area (Å²) < 4.78 is 11.2. The molecule has 3 aromatic rings. The maximum atomic E-state index is 12.6. The molecule has 152 valence electrons. The Balaban J connectivity index is 1.64. The summed E-state index contributed by atoms with van der Waals surface area (Å²) in [6, 6.07) is 14.9. The van der Waals surface area contributed by atoms with Crippen molar-refractivity contribution in [2.75, 3.05) is 7.11 Å². The van der Waals surface area contributed by atoms with E-state index in [-0.39, 0.29) is 5.78 Å². The molecule has 4 heteroatoms. The normalized spacial score (nSPS) is 12.0. The first-order valence-electron chi connectivity index (χ1n) is 10.0. The molecular weight excluding hydrogens is 376 g/mol. The molecule has 30 heavy (non-hydrogen) atoms. The highest BCUT2D eigenvalue weighted by atomic mass is 16.5. The third-order valence-corrected chi connectivity index (χ3v) is 5.71. The second-order valence-electron chi connectivity index (χ2n) is 7.78. The average molecular weight is 400 g/mol. The molecule has 0 radical (unpaired) electrons. The minimum Gasteiger partial charge on any atom is -0.496 e. The summed E-state index contributed by atoms with van der Waals surface area (Å²) in [6.45, 7) is 5.50. The quantitative estimate of drug-likeness (QED) is 0.330. The molecule has 0 atom stereocenters. The minimum absolute atomic E-state index is 0.0337. The standard InChI is InChI=1S/C26H24O4/c1-15-11-22-20(13-24(15)29-4)9-10-21-14-25(16(2)12-23(21)22)30-26(28)19-7-5-18(6-8-19)17(3)27/h5-8,11-14H,9-10H2,1-4H3. The fraction of sp³-hybridized carbons (Fsp3) is 0.231. The van der Waals surface area contributed by atoms with E-state index in [0.717, 1.165) is 29.7 Å². The smallest absolute Gasteiger partial charge is 0.343 e. The number of Topliss-reactive ketones (excluding diaryl/α,β-unsaturated/α-hetero) is 1. The number of carbonyl (C=O) groups is 2. The van der Waals surface area contributed by atoms with Gasteiger partial charge in [-0.2, -0.15) is 0 Å². The maximum absolute atomic E-state index is 12.6. The molecule has 0 fully saturated rings. The largest absolute Gasteiger partial charge is 0.496 e. The molecule has 1 aliphatic rings. The van der Waals surface area contributed by atoms with Crippen LogP contribution in [0.1, 0.15) is 49.9 Å². The zero-order chi connectivity index (χ0) is 21.4. The zero-order valence-corrected chi connectivity index (χ0v) is 17.7. The summed E-state index contributed by atoms with van der Waals surface area (Å²) in [6.07, 6.45) is 1.80. The van der Waals surface area contributed by atoms with Gasteiger partial charge in [-0.1, -0.05) is 12.1 Å². The van der Waals surface area contributed by atoms with E-state index in [9.17, 15) is 9.59 Å². The van der Waals surface area contributed by atoms with E-state index in [1.165, 1.54) is 29.2 Å². The van der Waals surface area contributed by atoms with Crippen LogP contribution in [-0.4, -0.2) is 18.9 Å². The third-order valence-electron chi connectivity index (χ3n) is 5.71. The van der Waals surface area contributed by atoms with Gasteiger partial charge in [0.25, 0.3) is 0 Å². The lowest BCUT2D eigenvalue weighted by Crippen LogP contribution is -2.11. The Labute approximate surface area is 176 Å². The molecule has 0 heterocycles. The monoisotopic (exact) mass is 400 g/mol. The highest BCUT2D eigenvalue weighted by molar-refractivity contribution is 5.96. The molecule has 0 N–H and O–H groups in total. The van der Waals surface area contributed by atoms with Crippen molar-refractivity contribution >= 4 is 11.8 Å². The van der Waals surface area contributed by atoms with Crippen LogP contribution in [0.2, 0.25) is 0 Å². The molecule has 0 saturated carbocycles. The number of carbonyl (C=O) groups excluding carboxylic acids is 2. The first-order valence-corrected chi connectivity index (χ1v) is 10.0. The molecule has 0 saturated heterocycles. The fourth-order valence-corrected chi connectivity index (χ4v) is 3.97. The zero-order valence-electron chi connectivity index (χ0n) is 17.7. The SMILES string of the molecule is COc1cc2c(cc1C)-c1cc(C)c(OC(=O)c3ccc(C(C)=O)cc3)cc1CC2. The summed E-state index contributed by atoms with van der Waals surface area (Å²) >= 11 is 0.